The first-order valence-corrected chi connectivity index (χ1v) is 7.27. The van der Waals surface area contributed by atoms with Gasteiger partial charge in [0.1, 0.15) is 23.5 Å². The third-order valence-electron chi connectivity index (χ3n) is 3.67. The monoisotopic (exact) mass is 306 g/mol. The van der Waals surface area contributed by atoms with E-state index in [2.05, 4.69) is 10.3 Å². The van der Waals surface area contributed by atoms with Crippen molar-refractivity contribution in [3.8, 4) is 11.3 Å². The van der Waals surface area contributed by atoms with Crippen LogP contribution in [0, 0.1) is 0 Å². The summed E-state index contributed by atoms with van der Waals surface area (Å²) >= 11 is 0. The molecular formula is C18H14N2O3. The van der Waals surface area contributed by atoms with Crippen LogP contribution in [0.1, 0.15) is 16.2 Å². The average molecular weight is 306 g/mol. The highest BCUT2D eigenvalue weighted by atomic mass is 16.3. The van der Waals surface area contributed by atoms with E-state index in [1.165, 1.54) is 0 Å². The number of para-hydroxylation sites is 1. The standard InChI is InChI=1S/C18H14N2O3/c21-18(16-9-12-3-1-2-4-15(12)20-16)19-10-14-5-6-17(23-14)13-7-8-22-11-13/h1-9,11,20H,10H2,(H,19,21). The second-order valence-corrected chi connectivity index (χ2v) is 5.23. The summed E-state index contributed by atoms with van der Waals surface area (Å²) in [4.78, 5) is 15.3. The number of aromatic amines is 1. The van der Waals surface area contributed by atoms with Gasteiger partial charge in [0.25, 0.3) is 5.91 Å². The molecule has 0 unspecified atom stereocenters. The Bertz CT molecular complexity index is 915. The molecular weight excluding hydrogens is 292 g/mol. The molecule has 0 aliphatic rings. The van der Waals surface area contributed by atoms with Crippen molar-refractivity contribution in [2.45, 2.75) is 6.54 Å². The molecule has 1 amide bonds. The van der Waals surface area contributed by atoms with Crippen LogP contribution in [-0.4, -0.2) is 10.9 Å². The minimum atomic E-state index is -0.164. The van der Waals surface area contributed by atoms with Crippen LogP contribution < -0.4 is 5.32 Å². The van der Waals surface area contributed by atoms with E-state index in [4.69, 9.17) is 8.83 Å². The smallest absolute Gasteiger partial charge is 0.268 e. The van der Waals surface area contributed by atoms with Gasteiger partial charge in [-0.25, -0.2) is 0 Å². The van der Waals surface area contributed by atoms with Gasteiger partial charge in [-0.1, -0.05) is 18.2 Å². The van der Waals surface area contributed by atoms with E-state index in [1.54, 1.807) is 12.5 Å². The molecule has 0 fully saturated rings. The lowest BCUT2D eigenvalue weighted by Crippen LogP contribution is -2.22. The molecule has 1 aromatic carbocycles. The third-order valence-corrected chi connectivity index (χ3v) is 3.67. The second-order valence-electron chi connectivity index (χ2n) is 5.23. The number of benzene rings is 1. The topological polar surface area (TPSA) is 71.2 Å². The van der Waals surface area contributed by atoms with Crippen LogP contribution in [0.3, 0.4) is 0 Å². The van der Waals surface area contributed by atoms with Gasteiger partial charge in [-0.05, 0) is 30.3 Å². The van der Waals surface area contributed by atoms with E-state index in [0.717, 1.165) is 16.5 Å². The Kier molecular flexibility index (Phi) is 3.24. The molecule has 0 aliphatic carbocycles. The van der Waals surface area contributed by atoms with Crippen LogP contribution in [0.25, 0.3) is 22.2 Å². The summed E-state index contributed by atoms with van der Waals surface area (Å²) in [5, 5.41) is 3.86. The van der Waals surface area contributed by atoms with Gasteiger partial charge in [0.05, 0.1) is 18.4 Å². The van der Waals surface area contributed by atoms with Crippen LogP contribution in [0.5, 0.6) is 0 Å². The molecule has 0 spiro atoms. The molecule has 114 valence electrons. The highest BCUT2D eigenvalue weighted by Crippen LogP contribution is 2.22. The summed E-state index contributed by atoms with van der Waals surface area (Å²) in [5.41, 5.74) is 2.35. The number of nitrogens with one attached hydrogen (secondary N) is 2. The minimum absolute atomic E-state index is 0.164. The summed E-state index contributed by atoms with van der Waals surface area (Å²) in [6.07, 6.45) is 3.21. The van der Waals surface area contributed by atoms with Gasteiger partial charge >= 0.3 is 0 Å². The molecule has 0 radical (unpaired) electrons. The third kappa shape index (κ3) is 2.64. The van der Waals surface area contributed by atoms with E-state index in [0.29, 0.717) is 23.8 Å². The molecule has 5 heteroatoms. The first-order valence-electron chi connectivity index (χ1n) is 7.27. The SMILES string of the molecule is O=C(NCc1ccc(-c2ccoc2)o1)c1cc2ccccc2[nH]1. The Balaban J connectivity index is 1.45. The molecule has 23 heavy (non-hydrogen) atoms. The van der Waals surface area contributed by atoms with E-state index < -0.39 is 0 Å². The zero-order valence-corrected chi connectivity index (χ0v) is 12.2. The molecule has 4 aromatic rings. The Morgan fingerprint density at radius 3 is 2.87 bits per heavy atom. The van der Waals surface area contributed by atoms with Gasteiger partial charge in [0.15, 0.2) is 0 Å². The lowest BCUT2D eigenvalue weighted by molar-refractivity contribution is 0.0944. The van der Waals surface area contributed by atoms with Crippen molar-refractivity contribution in [2.75, 3.05) is 0 Å². The normalized spacial score (nSPS) is 11.0. The Labute approximate surface area is 131 Å². The summed E-state index contributed by atoms with van der Waals surface area (Å²) in [5.74, 6) is 1.24. The zero-order chi connectivity index (χ0) is 15.6. The molecule has 0 aliphatic heterocycles. The van der Waals surface area contributed by atoms with Crippen LogP contribution >= 0.6 is 0 Å². The number of H-pyrrole nitrogens is 1. The number of fused-ring (bicyclic) bond motifs is 1. The van der Waals surface area contributed by atoms with Gasteiger partial charge in [-0.2, -0.15) is 0 Å². The zero-order valence-electron chi connectivity index (χ0n) is 12.2. The van der Waals surface area contributed by atoms with Crippen LogP contribution in [0.15, 0.2) is 69.9 Å². The van der Waals surface area contributed by atoms with Crippen molar-refractivity contribution in [2.24, 2.45) is 0 Å². The summed E-state index contributed by atoms with van der Waals surface area (Å²) < 4.78 is 10.7. The summed E-state index contributed by atoms with van der Waals surface area (Å²) in [6.45, 7) is 0.325. The molecule has 0 saturated heterocycles. The number of rotatable bonds is 4. The van der Waals surface area contributed by atoms with Crippen LogP contribution in [0.2, 0.25) is 0 Å². The lowest BCUT2D eigenvalue weighted by atomic mass is 10.2. The molecule has 3 aromatic heterocycles. The maximum Gasteiger partial charge on any atom is 0.268 e. The van der Waals surface area contributed by atoms with E-state index in [1.807, 2.05) is 48.5 Å². The highest BCUT2D eigenvalue weighted by Gasteiger charge is 2.11. The number of hydrogen-bond acceptors (Lipinski definition) is 3. The average Bonchev–Trinajstić information content (AvgIpc) is 3.31. The largest absolute Gasteiger partial charge is 0.472 e. The number of aromatic nitrogens is 1. The fraction of sp³-hybridized carbons (Fsp3) is 0.0556. The van der Waals surface area contributed by atoms with Gasteiger partial charge in [0.2, 0.25) is 0 Å². The minimum Gasteiger partial charge on any atom is -0.472 e. The molecule has 5 nitrogen and oxygen atoms in total. The summed E-state index contributed by atoms with van der Waals surface area (Å²) in [6, 6.07) is 15.1. The Morgan fingerprint density at radius 2 is 2.04 bits per heavy atom. The molecule has 2 N–H and O–H groups in total. The van der Waals surface area contributed by atoms with Crippen LogP contribution in [0.4, 0.5) is 0 Å². The summed E-state index contributed by atoms with van der Waals surface area (Å²) in [7, 11) is 0. The van der Waals surface area contributed by atoms with Crippen molar-refractivity contribution in [1.29, 1.82) is 0 Å². The predicted molar refractivity (Wildman–Crippen MR) is 85.9 cm³/mol. The number of carbonyl (C=O) groups is 1. The van der Waals surface area contributed by atoms with E-state index in [9.17, 15) is 4.79 Å². The van der Waals surface area contributed by atoms with Crippen molar-refractivity contribution >= 4 is 16.8 Å². The van der Waals surface area contributed by atoms with Crippen LogP contribution in [-0.2, 0) is 6.54 Å². The quantitative estimate of drug-likeness (QED) is 0.599. The van der Waals surface area contributed by atoms with Crippen molar-refractivity contribution in [3.63, 3.8) is 0 Å². The number of carbonyl (C=O) groups excluding carboxylic acids is 1. The first kappa shape index (κ1) is 13.5. The predicted octanol–water partition coefficient (Wildman–Crippen LogP) is 3.95. The Morgan fingerprint density at radius 1 is 1.13 bits per heavy atom. The first-order chi connectivity index (χ1) is 11.3. The number of hydrogen-bond donors (Lipinski definition) is 2. The maximum absolute atomic E-state index is 12.2. The van der Waals surface area contributed by atoms with Crippen molar-refractivity contribution in [1.82, 2.24) is 10.3 Å². The molecule has 4 rings (SSSR count). The molecule has 0 saturated carbocycles. The van der Waals surface area contributed by atoms with Gasteiger partial charge in [0, 0.05) is 10.9 Å². The highest BCUT2D eigenvalue weighted by molar-refractivity contribution is 5.97. The number of amides is 1. The van der Waals surface area contributed by atoms with Crippen molar-refractivity contribution in [3.05, 3.63) is 72.5 Å². The van der Waals surface area contributed by atoms with Gasteiger partial charge in [-0.15, -0.1) is 0 Å². The molecule has 0 bridgehead atoms. The molecule has 3 heterocycles. The van der Waals surface area contributed by atoms with E-state index in [-0.39, 0.29) is 5.91 Å². The lowest BCUT2D eigenvalue weighted by Gasteiger charge is -2.01. The fourth-order valence-corrected chi connectivity index (χ4v) is 2.49. The van der Waals surface area contributed by atoms with Crippen molar-refractivity contribution < 1.29 is 13.6 Å². The fourth-order valence-electron chi connectivity index (χ4n) is 2.49. The Hall–Kier alpha value is -3.21. The van der Waals surface area contributed by atoms with Gasteiger partial charge in [-0.3, -0.25) is 4.79 Å². The van der Waals surface area contributed by atoms with E-state index >= 15 is 0 Å². The molecule has 0 atom stereocenters. The second kappa shape index (κ2) is 5.53. The maximum atomic E-state index is 12.2. The number of furan rings is 2. The van der Waals surface area contributed by atoms with Gasteiger partial charge < -0.3 is 19.1 Å².